The molecule has 1 fully saturated rings. The molecule has 20 heavy (non-hydrogen) atoms. The van der Waals surface area contributed by atoms with Crippen molar-refractivity contribution < 1.29 is 0 Å². The molecular weight excluding hydrogens is 262 g/mol. The van der Waals surface area contributed by atoms with Crippen LogP contribution >= 0.6 is 11.3 Å². The predicted molar refractivity (Wildman–Crippen MR) is 89.4 cm³/mol. The van der Waals surface area contributed by atoms with Crippen molar-refractivity contribution in [2.45, 2.75) is 51.0 Å². The van der Waals surface area contributed by atoms with E-state index >= 15 is 0 Å². The van der Waals surface area contributed by atoms with Crippen molar-refractivity contribution in [2.75, 3.05) is 7.05 Å². The van der Waals surface area contributed by atoms with Gasteiger partial charge in [0.25, 0.3) is 0 Å². The minimum Gasteiger partial charge on any atom is -0.313 e. The Morgan fingerprint density at radius 1 is 1.15 bits per heavy atom. The van der Waals surface area contributed by atoms with Crippen LogP contribution in [0.1, 0.15) is 56.6 Å². The molecular formula is C18H25NS. The first-order valence-electron chi connectivity index (χ1n) is 8.02. The molecule has 0 amide bonds. The SMILES string of the molecule is CNC(CC1CCCCCC1)c1cccc2ccsc12. The quantitative estimate of drug-likeness (QED) is 0.730. The molecule has 0 spiro atoms. The van der Waals surface area contributed by atoms with Crippen LogP contribution in [0.3, 0.4) is 0 Å². The number of rotatable bonds is 4. The van der Waals surface area contributed by atoms with Crippen LogP contribution in [0.15, 0.2) is 29.6 Å². The molecule has 2 heteroatoms. The predicted octanol–water partition coefficient (Wildman–Crippen LogP) is 5.52. The summed E-state index contributed by atoms with van der Waals surface area (Å²) in [5.74, 6) is 0.908. The largest absolute Gasteiger partial charge is 0.313 e. The lowest BCUT2D eigenvalue weighted by molar-refractivity contribution is 0.369. The second-order valence-corrected chi connectivity index (χ2v) is 7.04. The van der Waals surface area contributed by atoms with Gasteiger partial charge in [0.1, 0.15) is 0 Å². The van der Waals surface area contributed by atoms with Crippen molar-refractivity contribution >= 4 is 21.4 Å². The molecule has 1 heterocycles. The van der Waals surface area contributed by atoms with E-state index in [-0.39, 0.29) is 0 Å². The van der Waals surface area contributed by atoms with Crippen LogP contribution in [0.2, 0.25) is 0 Å². The third kappa shape index (κ3) is 3.07. The summed E-state index contributed by atoms with van der Waals surface area (Å²) in [6, 6.07) is 9.51. The zero-order chi connectivity index (χ0) is 13.8. The molecule has 1 unspecified atom stereocenters. The number of hydrogen-bond donors (Lipinski definition) is 1. The van der Waals surface area contributed by atoms with Gasteiger partial charge in [-0.05, 0) is 41.8 Å². The molecule has 0 bridgehead atoms. The van der Waals surface area contributed by atoms with E-state index in [2.05, 4.69) is 42.0 Å². The maximum absolute atomic E-state index is 3.57. The van der Waals surface area contributed by atoms with Crippen molar-refractivity contribution in [3.8, 4) is 0 Å². The highest BCUT2D eigenvalue weighted by Gasteiger charge is 2.20. The minimum absolute atomic E-state index is 0.514. The molecule has 0 saturated heterocycles. The van der Waals surface area contributed by atoms with Crippen molar-refractivity contribution in [3.05, 3.63) is 35.2 Å². The number of nitrogens with one attached hydrogen (secondary N) is 1. The molecule has 0 aliphatic heterocycles. The van der Waals surface area contributed by atoms with E-state index in [1.807, 2.05) is 11.3 Å². The summed E-state index contributed by atoms with van der Waals surface area (Å²) in [4.78, 5) is 0. The number of benzene rings is 1. The Morgan fingerprint density at radius 2 is 1.95 bits per heavy atom. The molecule has 1 aromatic heterocycles. The van der Waals surface area contributed by atoms with Gasteiger partial charge in [0, 0.05) is 10.7 Å². The van der Waals surface area contributed by atoms with E-state index in [0.29, 0.717) is 6.04 Å². The lowest BCUT2D eigenvalue weighted by Crippen LogP contribution is -2.20. The standard InChI is InChI=1S/C18H25NS/c1-19-17(13-14-7-4-2-3-5-8-14)16-10-6-9-15-11-12-20-18(15)16/h6,9-12,14,17,19H,2-5,7-8,13H2,1H3. The Labute approximate surface area is 126 Å². The van der Waals surface area contributed by atoms with Crippen molar-refractivity contribution in [1.29, 1.82) is 0 Å². The van der Waals surface area contributed by atoms with Crippen LogP contribution in [-0.2, 0) is 0 Å². The van der Waals surface area contributed by atoms with Gasteiger partial charge in [0.2, 0.25) is 0 Å². The van der Waals surface area contributed by atoms with E-state index in [9.17, 15) is 0 Å². The highest BCUT2D eigenvalue weighted by Crippen LogP contribution is 2.35. The molecule has 1 atom stereocenters. The molecule has 1 aromatic carbocycles. The number of thiophene rings is 1. The first-order valence-corrected chi connectivity index (χ1v) is 8.90. The third-order valence-electron chi connectivity index (χ3n) is 4.78. The van der Waals surface area contributed by atoms with Gasteiger partial charge in [-0.2, -0.15) is 0 Å². The molecule has 3 rings (SSSR count). The fourth-order valence-corrected chi connectivity index (χ4v) is 4.59. The zero-order valence-electron chi connectivity index (χ0n) is 12.4. The number of fused-ring (bicyclic) bond motifs is 1. The van der Waals surface area contributed by atoms with Crippen LogP contribution in [0.5, 0.6) is 0 Å². The summed E-state index contributed by atoms with van der Waals surface area (Å²) in [6.45, 7) is 0. The maximum atomic E-state index is 3.57. The van der Waals surface area contributed by atoms with Crippen molar-refractivity contribution in [2.24, 2.45) is 5.92 Å². The monoisotopic (exact) mass is 287 g/mol. The molecule has 0 radical (unpaired) electrons. The molecule has 1 N–H and O–H groups in total. The molecule has 1 saturated carbocycles. The van der Waals surface area contributed by atoms with Crippen molar-refractivity contribution in [3.63, 3.8) is 0 Å². The third-order valence-corrected chi connectivity index (χ3v) is 5.76. The normalized spacial score (nSPS) is 19.1. The summed E-state index contributed by atoms with van der Waals surface area (Å²) in [5.41, 5.74) is 1.50. The Balaban J connectivity index is 1.80. The average Bonchev–Trinajstić information content (AvgIpc) is 2.81. The molecule has 2 aromatic rings. The first kappa shape index (κ1) is 14.1. The van der Waals surface area contributed by atoms with Gasteiger partial charge in [0.15, 0.2) is 0 Å². The van der Waals surface area contributed by atoms with E-state index < -0.39 is 0 Å². The highest BCUT2D eigenvalue weighted by atomic mass is 32.1. The fourth-order valence-electron chi connectivity index (χ4n) is 3.62. The van der Waals surface area contributed by atoms with Gasteiger partial charge in [-0.3, -0.25) is 0 Å². The van der Waals surface area contributed by atoms with E-state index in [1.54, 1.807) is 0 Å². The summed E-state index contributed by atoms with van der Waals surface area (Å²) < 4.78 is 1.47. The van der Waals surface area contributed by atoms with Gasteiger partial charge < -0.3 is 5.32 Å². The lowest BCUT2D eigenvalue weighted by atomic mass is 9.89. The maximum Gasteiger partial charge on any atom is 0.0390 e. The van der Waals surface area contributed by atoms with E-state index in [0.717, 1.165) is 5.92 Å². The smallest absolute Gasteiger partial charge is 0.0390 e. The summed E-state index contributed by atoms with van der Waals surface area (Å²) in [6.07, 6.45) is 9.92. The second kappa shape index (κ2) is 6.73. The topological polar surface area (TPSA) is 12.0 Å². The van der Waals surface area contributed by atoms with Crippen LogP contribution in [0.25, 0.3) is 10.1 Å². The van der Waals surface area contributed by atoms with Gasteiger partial charge in [-0.1, -0.05) is 56.7 Å². The summed E-state index contributed by atoms with van der Waals surface area (Å²) in [5, 5.41) is 7.19. The average molecular weight is 287 g/mol. The minimum atomic E-state index is 0.514. The summed E-state index contributed by atoms with van der Waals surface area (Å²) >= 11 is 1.88. The van der Waals surface area contributed by atoms with Crippen LogP contribution in [0.4, 0.5) is 0 Å². The molecule has 1 aliphatic rings. The van der Waals surface area contributed by atoms with Gasteiger partial charge in [-0.25, -0.2) is 0 Å². The van der Waals surface area contributed by atoms with Crippen LogP contribution in [0, 0.1) is 5.92 Å². The second-order valence-electron chi connectivity index (χ2n) is 6.12. The number of hydrogen-bond acceptors (Lipinski definition) is 2. The van der Waals surface area contributed by atoms with Crippen LogP contribution < -0.4 is 5.32 Å². The molecule has 1 aliphatic carbocycles. The molecule has 1 nitrogen and oxygen atoms in total. The fraction of sp³-hybridized carbons (Fsp3) is 0.556. The Bertz CT molecular complexity index is 537. The first-order chi connectivity index (χ1) is 9.88. The zero-order valence-corrected chi connectivity index (χ0v) is 13.2. The van der Waals surface area contributed by atoms with Crippen molar-refractivity contribution in [1.82, 2.24) is 5.32 Å². The Kier molecular flexibility index (Phi) is 4.74. The Morgan fingerprint density at radius 3 is 2.70 bits per heavy atom. The van der Waals surface area contributed by atoms with Gasteiger partial charge in [-0.15, -0.1) is 11.3 Å². The highest BCUT2D eigenvalue weighted by molar-refractivity contribution is 7.17. The van der Waals surface area contributed by atoms with Gasteiger partial charge in [0.05, 0.1) is 0 Å². The van der Waals surface area contributed by atoms with E-state index in [4.69, 9.17) is 0 Å². The van der Waals surface area contributed by atoms with Crippen LogP contribution in [-0.4, -0.2) is 7.05 Å². The molecule has 108 valence electrons. The lowest BCUT2D eigenvalue weighted by Gasteiger charge is -2.23. The van der Waals surface area contributed by atoms with Gasteiger partial charge >= 0.3 is 0 Å². The Hall–Kier alpha value is -0.860. The van der Waals surface area contributed by atoms with E-state index in [1.165, 1.54) is 60.6 Å². The summed E-state index contributed by atoms with van der Waals surface area (Å²) in [7, 11) is 2.12.